The first-order valence-electron chi connectivity index (χ1n) is 3.18. The molecule has 0 saturated heterocycles. The summed E-state index contributed by atoms with van der Waals surface area (Å²) in [5, 5.41) is 8.88. The molecular weight excluding hydrogens is 192 g/mol. The molecule has 7 heteroatoms. The van der Waals surface area contributed by atoms with Gasteiger partial charge in [-0.25, -0.2) is 5.84 Å². The maximum Gasteiger partial charge on any atom is 0.321 e. The third kappa shape index (κ3) is 1.80. The molecule has 0 aliphatic heterocycles. The van der Waals surface area contributed by atoms with E-state index in [4.69, 9.17) is 15.5 Å². The van der Waals surface area contributed by atoms with Gasteiger partial charge in [0.15, 0.2) is 10.8 Å². The Labute approximate surface area is 78.1 Å². The fourth-order valence-electron chi connectivity index (χ4n) is 0.674. The van der Waals surface area contributed by atoms with Gasteiger partial charge in [-0.05, 0) is 6.26 Å². The molecule has 0 fully saturated rings. The van der Waals surface area contributed by atoms with Crippen LogP contribution < -0.4 is 11.3 Å². The number of nitrogen functional groups attached to an aromatic ring is 1. The summed E-state index contributed by atoms with van der Waals surface area (Å²) in [5.74, 6) is 4.00. The number of rotatable bonds is 2. The van der Waals surface area contributed by atoms with Crippen LogP contribution in [0.4, 0.5) is 0 Å². The van der Waals surface area contributed by atoms with Gasteiger partial charge in [0.1, 0.15) is 6.07 Å². The molecule has 1 heterocycles. The highest BCUT2D eigenvalue weighted by Gasteiger charge is 2.16. The summed E-state index contributed by atoms with van der Waals surface area (Å²) in [4.78, 5) is 14.5. The first-order valence-corrected chi connectivity index (χ1v) is 4.41. The standard InChI is InChI=1S/C6H6N4O2S/c1-13-6-3(2-7)9-5(12-6)4(11)10-8/h8H2,1H3,(H,10,11). The van der Waals surface area contributed by atoms with Crippen LogP contribution in [0.3, 0.4) is 0 Å². The molecule has 6 nitrogen and oxygen atoms in total. The van der Waals surface area contributed by atoms with E-state index in [0.29, 0.717) is 5.09 Å². The molecule has 0 unspecified atom stereocenters. The van der Waals surface area contributed by atoms with E-state index in [1.165, 1.54) is 11.8 Å². The Morgan fingerprint density at radius 2 is 2.54 bits per heavy atom. The number of nitrogens with two attached hydrogens (primary N) is 1. The molecule has 3 N–H and O–H groups in total. The number of nitriles is 1. The van der Waals surface area contributed by atoms with Crippen molar-refractivity contribution in [2.24, 2.45) is 5.84 Å². The van der Waals surface area contributed by atoms with Crippen molar-refractivity contribution in [3.05, 3.63) is 11.6 Å². The molecule has 1 amide bonds. The van der Waals surface area contributed by atoms with E-state index in [-0.39, 0.29) is 11.6 Å². The van der Waals surface area contributed by atoms with E-state index in [2.05, 4.69) is 4.98 Å². The largest absolute Gasteiger partial charge is 0.424 e. The van der Waals surface area contributed by atoms with Crippen molar-refractivity contribution in [3.8, 4) is 6.07 Å². The first-order chi connectivity index (χ1) is 6.22. The van der Waals surface area contributed by atoms with E-state index in [1.54, 1.807) is 12.3 Å². The lowest BCUT2D eigenvalue weighted by molar-refractivity contribution is 0.0914. The topological polar surface area (TPSA) is 105 Å². The van der Waals surface area contributed by atoms with Crippen LogP contribution in [-0.4, -0.2) is 17.1 Å². The van der Waals surface area contributed by atoms with Gasteiger partial charge in [0, 0.05) is 0 Å². The van der Waals surface area contributed by atoms with Crippen molar-refractivity contribution >= 4 is 17.7 Å². The van der Waals surface area contributed by atoms with Crippen molar-refractivity contribution in [2.75, 3.05) is 6.26 Å². The molecule has 0 atom stereocenters. The van der Waals surface area contributed by atoms with Crippen LogP contribution >= 0.6 is 11.8 Å². The molecule has 1 rings (SSSR count). The summed E-state index contributed by atoms with van der Waals surface area (Å²) < 4.78 is 4.94. The maximum absolute atomic E-state index is 10.9. The van der Waals surface area contributed by atoms with Gasteiger partial charge in [-0.15, -0.1) is 0 Å². The summed E-state index contributed by atoms with van der Waals surface area (Å²) in [6.45, 7) is 0. The number of nitrogens with zero attached hydrogens (tertiary/aromatic N) is 2. The third-order valence-electron chi connectivity index (χ3n) is 1.21. The second-order valence-corrected chi connectivity index (χ2v) is 2.72. The summed E-state index contributed by atoms with van der Waals surface area (Å²) in [5.41, 5.74) is 1.95. The van der Waals surface area contributed by atoms with Crippen LogP contribution in [0.5, 0.6) is 0 Å². The van der Waals surface area contributed by atoms with Gasteiger partial charge in [-0.3, -0.25) is 10.2 Å². The monoisotopic (exact) mass is 198 g/mol. The highest BCUT2D eigenvalue weighted by molar-refractivity contribution is 7.98. The number of aromatic nitrogens is 1. The van der Waals surface area contributed by atoms with E-state index in [0.717, 1.165) is 0 Å². The van der Waals surface area contributed by atoms with E-state index < -0.39 is 5.91 Å². The van der Waals surface area contributed by atoms with Crippen LogP contribution in [0.1, 0.15) is 16.4 Å². The number of carbonyl (C=O) groups is 1. The Morgan fingerprint density at radius 3 is 2.92 bits per heavy atom. The van der Waals surface area contributed by atoms with Gasteiger partial charge in [0.25, 0.3) is 5.89 Å². The predicted octanol–water partition coefficient (Wildman–Crippen LogP) is -0.128. The molecule has 1 aromatic heterocycles. The fraction of sp³-hybridized carbons (Fsp3) is 0.167. The van der Waals surface area contributed by atoms with Gasteiger partial charge >= 0.3 is 5.91 Å². The molecule has 13 heavy (non-hydrogen) atoms. The average Bonchev–Trinajstić information content (AvgIpc) is 2.59. The van der Waals surface area contributed by atoms with Crippen molar-refractivity contribution in [3.63, 3.8) is 0 Å². The van der Waals surface area contributed by atoms with Crippen molar-refractivity contribution in [1.29, 1.82) is 5.26 Å². The zero-order chi connectivity index (χ0) is 9.84. The Hall–Kier alpha value is -1.52. The van der Waals surface area contributed by atoms with Gasteiger partial charge in [0.2, 0.25) is 0 Å². The summed E-state index contributed by atoms with van der Waals surface area (Å²) in [6.07, 6.45) is 1.71. The van der Waals surface area contributed by atoms with Crippen LogP contribution in [0.2, 0.25) is 0 Å². The number of hydrogen-bond donors (Lipinski definition) is 2. The van der Waals surface area contributed by atoms with Gasteiger partial charge < -0.3 is 4.42 Å². The summed E-state index contributed by atoms with van der Waals surface area (Å²) in [6, 6.07) is 1.80. The van der Waals surface area contributed by atoms with Crippen LogP contribution in [0.25, 0.3) is 0 Å². The maximum atomic E-state index is 10.9. The fourth-order valence-corrected chi connectivity index (χ4v) is 1.12. The zero-order valence-corrected chi connectivity index (χ0v) is 7.51. The minimum Gasteiger partial charge on any atom is -0.424 e. The highest BCUT2D eigenvalue weighted by Crippen LogP contribution is 2.20. The molecule has 0 aliphatic carbocycles. The number of oxazole rings is 1. The second kappa shape index (κ2) is 3.93. The zero-order valence-electron chi connectivity index (χ0n) is 6.70. The molecular formula is C6H6N4O2S. The van der Waals surface area contributed by atoms with Crippen molar-refractivity contribution in [2.45, 2.75) is 5.09 Å². The van der Waals surface area contributed by atoms with Crippen LogP contribution in [0, 0.1) is 11.3 Å². The normalized spacial score (nSPS) is 9.31. The van der Waals surface area contributed by atoms with Crippen LogP contribution in [-0.2, 0) is 0 Å². The quantitative estimate of drug-likeness (QED) is 0.297. The van der Waals surface area contributed by atoms with Gasteiger partial charge in [-0.2, -0.15) is 10.2 Å². The number of hydrogen-bond acceptors (Lipinski definition) is 6. The number of carbonyl (C=O) groups excluding carboxylic acids is 1. The molecule has 0 saturated carbocycles. The van der Waals surface area contributed by atoms with Crippen molar-refractivity contribution < 1.29 is 9.21 Å². The lowest BCUT2D eigenvalue weighted by Gasteiger charge is -1.89. The van der Waals surface area contributed by atoms with E-state index in [9.17, 15) is 4.79 Å². The minimum absolute atomic E-state index is 0.0890. The van der Waals surface area contributed by atoms with Gasteiger partial charge in [-0.1, -0.05) is 11.8 Å². The Morgan fingerprint density at radius 1 is 1.85 bits per heavy atom. The highest BCUT2D eigenvalue weighted by atomic mass is 32.2. The smallest absolute Gasteiger partial charge is 0.321 e. The summed E-state index contributed by atoms with van der Waals surface area (Å²) >= 11 is 1.20. The van der Waals surface area contributed by atoms with E-state index in [1.807, 2.05) is 5.43 Å². The van der Waals surface area contributed by atoms with Gasteiger partial charge in [0.05, 0.1) is 0 Å². The Balaban J connectivity index is 3.08. The Kier molecular flexibility index (Phi) is 2.89. The number of nitrogens with one attached hydrogen (secondary N) is 1. The number of hydrazine groups is 1. The summed E-state index contributed by atoms with van der Waals surface area (Å²) in [7, 11) is 0. The molecule has 0 aromatic carbocycles. The first kappa shape index (κ1) is 9.57. The molecule has 0 spiro atoms. The predicted molar refractivity (Wildman–Crippen MR) is 44.7 cm³/mol. The molecule has 0 bridgehead atoms. The lowest BCUT2D eigenvalue weighted by Crippen LogP contribution is -2.30. The average molecular weight is 198 g/mol. The number of thioether (sulfide) groups is 1. The molecule has 0 aliphatic rings. The molecule has 0 radical (unpaired) electrons. The minimum atomic E-state index is -0.656. The second-order valence-electron chi connectivity index (χ2n) is 1.94. The van der Waals surface area contributed by atoms with E-state index >= 15 is 0 Å². The lowest BCUT2D eigenvalue weighted by atomic mass is 10.5. The Bertz CT molecular complexity index is 367. The molecule has 68 valence electrons. The molecule has 1 aromatic rings. The number of amides is 1. The third-order valence-corrected chi connectivity index (χ3v) is 1.86. The van der Waals surface area contributed by atoms with Crippen LogP contribution in [0.15, 0.2) is 9.51 Å². The SMILES string of the molecule is CSc1oc(C(=O)NN)nc1C#N. The van der Waals surface area contributed by atoms with Crippen molar-refractivity contribution in [1.82, 2.24) is 10.4 Å².